The number of rotatable bonds is 5. The molecule has 0 spiro atoms. The van der Waals surface area contributed by atoms with E-state index in [1.165, 1.54) is 19.3 Å². The third kappa shape index (κ3) is 3.54. The maximum atomic E-state index is 12.8. The van der Waals surface area contributed by atoms with Gasteiger partial charge in [-0.1, -0.05) is 19.3 Å². The zero-order valence-electron chi connectivity index (χ0n) is 17.1. The van der Waals surface area contributed by atoms with Crippen LogP contribution < -0.4 is 10.1 Å². The van der Waals surface area contributed by atoms with Crippen LogP contribution in [0.1, 0.15) is 32.1 Å². The first-order chi connectivity index (χ1) is 14.7. The van der Waals surface area contributed by atoms with Crippen molar-refractivity contribution in [2.75, 3.05) is 7.11 Å². The molecule has 3 heterocycles. The minimum absolute atomic E-state index is 0.0690. The predicted octanol–water partition coefficient (Wildman–Crippen LogP) is 4.64. The summed E-state index contributed by atoms with van der Waals surface area (Å²) in [5.41, 5.74) is 3.88. The number of pyridine rings is 1. The number of nitrogens with zero attached hydrogens (tertiary/aromatic N) is 2. The topological polar surface area (TPSA) is 71.9 Å². The number of ether oxygens (including phenoxy) is 1. The van der Waals surface area contributed by atoms with E-state index in [-0.39, 0.29) is 5.91 Å². The van der Waals surface area contributed by atoms with Crippen molar-refractivity contribution in [1.29, 1.82) is 0 Å². The van der Waals surface area contributed by atoms with E-state index in [0.717, 1.165) is 51.8 Å². The fourth-order valence-electron chi connectivity index (χ4n) is 4.53. The number of H-pyrrole nitrogens is 1. The molecule has 154 valence electrons. The monoisotopic (exact) mass is 402 g/mol. The number of aromatic amines is 1. The van der Waals surface area contributed by atoms with Gasteiger partial charge < -0.3 is 19.6 Å². The molecule has 3 aromatic heterocycles. The van der Waals surface area contributed by atoms with E-state index in [9.17, 15) is 4.79 Å². The number of aromatic nitrogens is 3. The van der Waals surface area contributed by atoms with Crippen LogP contribution in [-0.4, -0.2) is 33.6 Å². The quantitative estimate of drug-likeness (QED) is 0.511. The maximum absolute atomic E-state index is 12.8. The molecular formula is C24H26N4O2. The molecule has 1 saturated carbocycles. The average Bonchev–Trinajstić information content (AvgIpc) is 3.35. The molecule has 0 unspecified atom stereocenters. The molecule has 1 aliphatic carbocycles. The smallest absolute Gasteiger partial charge is 0.240 e. The average molecular weight is 402 g/mol. The molecule has 6 heteroatoms. The van der Waals surface area contributed by atoms with Crippen molar-refractivity contribution in [2.45, 2.75) is 44.7 Å². The standard InChI is InChI=1S/C24H26N4O2/c1-30-18-9-10-22-19(13-18)20(21-12-16-6-5-11-25-24(16)27-21)14-28(22)15-23(29)26-17-7-3-2-4-8-17/h5-6,9-14,17H,2-4,7-8,15H2,1H3,(H,25,27)(H,26,29). The number of hydrogen-bond acceptors (Lipinski definition) is 3. The lowest BCUT2D eigenvalue weighted by Crippen LogP contribution is -2.38. The normalized spacial score (nSPS) is 15.0. The Balaban J connectivity index is 1.51. The number of hydrogen-bond donors (Lipinski definition) is 2. The molecule has 0 bridgehead atoms. The van der Waals surface area contributed by atoms with Gasteiger partial charge in [-0.2, -0.15) is 0 Å². The Morgan fingerprint density at radius 3 is 2.90 bits per heavy atom. The van der Waals surface area contributed by atoms with Crippen LogP contribution in [0, 0.1) is 0 Å². The zero-order chi connectivity index (χ0) is 20.5. The zero-order valence-corrected chi connectivity index (χ0v) is 17.1. The van der Waals surface area contributed by atoms with Gasteiger partial charge in [0, 0.05) is 46.0 Å². The largest absolute Gasteiger partial charge is 0.497 e. The van der Waals surface area contributed by atoms with Gasteiger partial charge in [-0.25, -0.2) is 4.98 Å². The summed E-state index contributed by atoms with van der Waals surface area (Å²) in [6, 6.07) is 12.4. The number of nitrogens with one attached hydrogen (secondary N) is 2. The van der Waals surface area contributed by atoms with Gasteiger partial charge in [0.2, 0.25) is 5.91 Å². The fraction of sp³-hybridized carbons (Fsp3) is 0.333. The number of benzene rings is 1. The highest BCUT2D eigenvalue weighted by molar-refractivity contribution is 5.99. The Bertz CT molecular complexity index is 1170. The van der Waals surface area contributed by atoms with Crippen molar-refractivity contribution in [3.8, 4) is 17.0 Å². The molecule has 0 aliphatic heterocycles. The van der Waals surface area contributed by atoms with E-state index in [1.54, 1.807) is 13.3 Å². The van der Waals surface area contributed by atoms with E-state index in [0.29, 0.717) is 12.6 Å². The summed E-state index contributed by atoms with van der Waals surface area (Å²) in [6.07, 6.45) is 9.69. The second-order valence-corrected chi connectivity index (χ2v) is 8.08. The summed E-state index contributed by atoms with van der Waals surface area (Å²) >= 11 is 0. The van der Waals surface area contributed by atoms with Crippen LogP contribution in [0.3, 0.4) is 0 Å². The van der Waals surface area contributed by atoms with E-state index in [1.807, 2.05) is 34.9 Å². The Hall–Kier alpha value is -3.28. The number of methoxy groups -OCH3 is 1. The van der Waals surface area contributed by atoms with E-state index in [2.05, 4.69) is 27.5 Å². The molecule has 6 nitrogen and oxygen atoms in total. The number of carbonyl (C=O) groups is 1. The van der Waals surface area contributed by atoms with Crippen LogP contribution in [0.4, 0.5) is 0 Å². The molecule has 0 radical (unpaired) electrons. The lowest BCUT2D eigenvalue weighted by Gasteiger charge is -2.22. The Morgan fingerprint density at radius 1 is 1.23 bits per heavy atom. The van der Waals surface area contributed by atoms with Gasteiger partial charge in [0.1, 0.15) is 17.9 Å². The third-order valence-electron chi connectivity index (χ3n) is 6.05. The molecule has 1 fully saturated rings. The van der Waals surface area contributed by atoms with Crippen molar-refractivity contribution < 1.29 is 9.53 Å². The molecule has 1 aromatic carbocycles. The first kappa shape index (κ1) is 18.7. The van der Waals surface area contributed by atoms with E-state index >= 15 is 0 Å². The van der Waals surface area contributed by atoms with Crippen molar-refractivity contribution in [3.05, 3.63) is 48.8 Å². The van der Waals surface area contributed by atoms with Crippen molar-refractivity contribution in [2.24, 2.45) is 0 Å². The van der Waals surface area contributed by atoms with E-state index in [4.69, 9.17) is 4.74 Å². The van der Waals surface area contributed by atoms with Crippen LogP contribution in [0.15, 0.2) is 48.8 Å². The lowest BCUT2D eigenvalue weighted by molar-refractivity contribution is -0.122. The second-order valence-electron chi connectivity index (χ2n) is 8.08. The molecule has 1 aliphatic rings. The maximum Gasteiger partial charge on any atom is 0.240 e. The molecule has 5 rings (SSSR count). The lowest BCUT2D eigenvalue weighted by atomic mass is 9.95. The van der Waals surface area contributed by atoms with Gasteiger partial charge in [0.25, 0.3) is 0 Å². The second kappa shape index (κ2) is 7.86. The van der Waals surface area contributed by atoms with Gasteiger partial charge in [-0.3, -0.25) is 4.79 Å². The van der Waals surface area contributed by atoms with Gasteiger partial charge in [0.05, 0.1) is 7.11 Å². The molecule has 0 saturated heterocycles. The highest BCUT2D eigenvalue weighted by Gasteiger charge is 2.18. The number of fused-ring (bicyclic) bond motifs is 2. The van der Waals surface area contributed by atoms with Gasteiger partial charge in [-0.15, -0.1) is 0 Å². The molecule has 30 heavy (non-hydrogen) atoms. The highest BCUT2D eigenvalue weighted by atomic mass is 16.5. The van der Waals surface area contributed by atoms with Crippen LogP contribution in [0.2, 0.25) is 0 Å². The fourth-order valence-corrected chi connectivity index (χ4v) is 4.53. The number of carbonyl (C=O) groups excluding carboxylic acids is 1. The predicted molar refractivity (Wildman–Crippen MR) is 119 cm³/mol. The van der Waals surface area contributed by atoms with Crippen molar-refractivity contribution in [3.63, 3.8) is 0 Å². The Labute approximate surface area is 175 Å². The SMILES string of the molecule is COc1ccc2c(c1)c(-c1cc3cccnc3[nH]1)cn2CC(=O)NC1CCCCC1. The van der Waals surface area contributed by atoms with Gasteiger partial charge in [0.15, 0.2) is 0 Å². The summed E-state index contributed by atoms with van der Waals surface area (Å²) in [6.45, 7) is 0.303. The van der Waals surface area contributed by atoms with Gasteiger partial charge >= 0.3 is 0 Å². The summed E-state index contributed by atoms with van der Waals surface area (Å²) < 4.78 is 7.48. The van der Waals surface area contributed by atoms with Gasteiger partial charge in [-0.05, 0) is 49.2 Å². The molecular weight excluding hydrogens is 376 g/mol. The first-order valence-corrected chi connectivity index (χ1v) is 10.6. The van der Waals surface area contributed by atoms with Crippen molar-refractivity contribution >= 4 is 27.8 Å². The number of amides is 1. The summed E-state index contributed by atoms with van der Waals surface area (Å²) in [5.74, 6) is 0.863. The minimum Gasteiger partial charge on any atom is -0.497 e. The summed E-state index contributed by atoms with van der Waals surface area (Å²) in [7, 11) is 1.67. The minimum atomic E-state index is 0.0690. The van der Waals surface area contributed by atoms with Crippen LogP contribution >= 0.6 is 0 Å². The molecule has 0 atom stereocenters. The summed E-state index contributed by atoms with van der Waals surface area (Å²) in [5, 5.41) is 5.33. The Kier molecular flexibility index (Phi) is 4.91. The van der Waals surface area contributed by atoms with Crippen molar-refractivity contribution in [1.82, 2.24) is 19.9 Å². The first-order valence-electron chi connectivity index (χ1n) is 10.6. The summed E-state index contributed by atoms with van der Waals surface area (Å²) in [4.78, 5) is 20.6. The molecule has 4 aromatic rings. The molecule has 1 amide bonds. The van der Waals surface area contributed by atoms with Crippen LogP contribution in [-0.2, 0) is 11.3 Å². The van der Waals surface area contributed by atoms with Crippen LogP contribution in [0.5, 0.6) is 5.75 Å². The van der Waals surface area contributed by atoms with Crippen LogP contribution in [0.25, 0.3) is 33.2 Å². The molecule has 2 N–H and O–H groups in total. The van der Waals surface area contributed by atoms with E-state index < -0.39 is 0 Å². The highest BCUT2D eigenvalue weighted by Crippen LogP contribution is 2.34. The third-order valence-corrected chi connectivity index (χ3v) is 6.05. The Morgan fingerprint density at radius 2 is 2.10 bits per heavy atom.